The fourth-order valence-corrected chi connectivity index (χ4v) is 2.29. The number of nitrogens with one attached hydrogen (secondary N) is 1. The topological polar surface area (TPSA) is 32.3 Å². The first kappa shape index (κ1) is 11.0. The molecular weight excluding hydrogens is 254 g/mol. The number of hydrogen-bond donors (Lipinski definition) is 2. The molecule has 3 heteroatoms. The highest BCUT2D eigenvalue weighted by atomic mass is 79.9. The van der Waals surface area contributed by atoms with Gasteiger partial charge in [-0.05, 0) is 59.8 Å². The lowest BCUT2D eigenvalue weighted by atomic mass is 9.78. The van der Waals surface area contributed by atoms with Gasteiger partial charge in [0.05, 0.1) is 4.47 Å². The number of phenols is 1. The number of benzene rings is 1. The van der Waals surface area contributed by atoms with Crippen LogP contribution in [-0.2, 0) is 6.54 Å². The van der Waals surface area contributed by atoms with E-state index in [2.05, 4.69) is 28.2 Å². The molecule has 0 saturated heterocycles. The molecule has 0 unspecified atom stereocenters. The first-order chi connectivity index (χ1) is 7.09. The summed E-state index contributed by atoms with van der Waals surface area (Å²) in [6.45, 7) is 3.14. The Morgan fingerprint density at radius 3 is 2.73 bits per heavy atom. The molecule has 2 nitrogen and oxygen atoms in total. The smallest absolute Gasteiger partial charge is 0.129 e. The van der Waals surface area contributed by atoms with Gasteiger partial charge in [-0.25, -0.2) is 0 Å². The molecule has 2 N–H and O–H groups in total. The predicted molar refractivity (Wildman–Crippen MR) is 64.9 cm³/mol. The van der Waals surface area contributed by atoms with Gasteiger partial charge in [0, 0.05) is 12.1 Å². The second-order valence-corrected chi connectivity index (χ2v) is 5.41. The molecule has 1 aliphatic rings. The Labute approximate surface area is 98.8 Å². The van der Waals surface area contributed by atoms with Crippen LogP contribution in [0.2, 0.25) is 0 Å². The zero-order valence-corrected chi connectivity index (χ0v) is 10.5. The molecule has 1 aromatic rings. The highest BCUT2D eigenvalue weighted by molar-refractivity contribution is 9.10. The molecule has 1 saturated carbocycles. The van der Waals surface area contributed by atoms with Crippen molar-refractivity contribution in [2.45, 2.75) is 38.3 Å². The molecule has 2 rings (SSSR count). The number of phenolic OH excluding ortho intramolecular Hbond substituents is 1. The second-order valence-electron chi connectivity index (χ2n) is 4.55. The Bertz CT molecular complexity index is 361. The van der Waals surface area contributed by atoms with Gasteiger partial charge in [0.2, 0.25) is 0 Å². The standard InChI is InChI=1S/C12H16BrNO/c1-12(5-2-6-12)14-8-9-3-4-11(15)10(13)7-9/h3-4,7,14-15H,2,5-6,8H2,1H3. The summed E-state index contributed by atoms with van der Waals surface area (Å²) in [6.07, 6.45) is 3.88. The molecule has 0 heterocycles. The van der Waals surface area contributed by atoms with Crippen molar-refractivity contribution in [1.82, 2.24) is 5.32 Å². The van der Waals surface area contributed by atoms with E-state index < -0.39 is 0 Å². The van der Waals surface area contributed by atoms with Crippen LogP contribution in [0.1, 0.15) is 31.7 Å². The monoisotopic (exact) mass is 269 g/mol. The van der Waals surface area contributed by atoms with Gasteiger partial charge in [0.1, 0.15) is 5.75 Å². The van der Waals surface area contributed by atoms with Crippen molar-refractivity contribution in [2.75, 3.05) is 0 Å². The Morgan fingerprint density at radius 1 is 1.47 bits per heavy atom. The summed E-state index contributed by atoms with van der Waals surface area (Å²) in [7, 11) is 0. The Balaban J connectivity index is 1.96. The van der Waals surface area contributed by atoms with Crippen molar-refractivity contribution < 1.29 is 5.11 Å². The molecule has 0 atom stereocenters. The van der Waals surface area contributed by atoms with Crippen molar-refractivity contribution in [3.63, 3.8) is 0 Å². The molecule has 0 aliphatic heterocycles. The van der Waals surface area contributed by atoms with Gasteiger partial charge in [0.15, 0.2) is 0 Å². The number of halogens is 1. The number of hydrogen-bond acceptors (Lipinski definition) is 2. The summed E-state index contributed by atoms with van der Waals surface area (Å²) >= 11 is 3.32. The van der Waals surface area contributed by atoms with E-state index in [1.165, 1.54) is 24.8 Å². The summed E-state index contributed by atoms with van der Waals surface area (Å²) < 4.78 is 0.764. The van der Waals surface area contributed by atoms with Crippen molar-refractivity contribution in [3.8, 4) is 5.75 Å². The number of rotatable bonds is 3. The van der Waals surface area contributed by atoms with Crippen LogP contribution in [0.4, 0.5) is 0 Å². The Morgan fingerprint density at radius 2 is 2.20 bits per heavy atom. The molecule has 1 aromatic carbocycles. The summed E-state index contributed by atoms with van der Waals surface area (Å²) in [5, 5.41) is 12.9. The third kappa shape index (κ3) is 2.52. The Kier molecular flexibility index (Phi) is 3.03. The Hall–Kier alpha value is -0.540. The van der Waals surface area contributed by atoms with Crippen LogP contribution in [0.25, 0.3) is 0 Å². The van der Waals surface area contributed by atoms with Gasteiger partial charge in [-0.2, -0.15) is 0 Å². The molecule has 0 bridgehead atoms. The van der Waals surface area contributed by atoms with E-state index in [0.717, 1.165) is 11.0 Å². The lowest BCUT2D eigenvalue weighted by Crippen LogP contribution is -2.47. The van der Waals surface area contributed by atoms with Crippen LogP contribution in [-0.4, -0.2) is 10.6 Å². The lowest BCUT2D eigenvalue weighted by molar-refractivity contribution is 0.207. The molecule has 15 heavy (non-hydrogen) atoms. The summed E-state index contributed by atoms with van der Waals surface area (Å²) in [5.41, 5.74) is 1.54. The molecule has 0 spiro atoms. The maximum absolute atomic E-state index is 9.36. The fourth-order valence-electron chi connectivity index (χ4n) is 1.86. The summed E-state index contributed by atoms with van der Waals surface area (Å²) in [4.78, 5) is 0. The zero-order valence-electron chi connectivity index (χ0n) is 8.89. The first-order valence-corrected chi connectivity index (χ1v) is 6.11. The maximum atomic E-state index is 9.36. The molecule has 82 valence electrons. The first-order valence-electron chi connectivity index (χ1n) is 5.31. The molecule has 1 aliphatic carbocycles. The van der Waals surface area contributed by atoms with Crippen LogP contribution < -0.4 is 5.32 Å². The third-order valence-corrected chi connectivity index (χ3v) is 3.82. The van der Waals surface area contributed by atoms with Gasteiger partial charge in [-0.1, -0.05) is 6.07 Å². The van der Waals surface area contributed by atoms with Crippen molar-refractivity contribution >= 4 is 15.9 Å². The van der Waals surface area contributed by atoms with Crippen LogP contribution in [0.15, 0.2) is 22.7 Å². The van der Waals surface area contributed by atoms with Crippen LogP contribution in [0.3, 0.4) is 0 Å². The largest absolute Gasteiger partial charge is 0.507 e. The third-order valence-electron chi connectivity index (χ3n) is 3.19. The highest BCUT2D eigenvalue weighted by Crippen LogP contribution is 2.31. The molecule has 0 radical (unpaired) electrons. The number of aromatic hydroxyl groups is 1. The van der Waals surface area contributed by atoms with E-state index in [1.54, 1.807) is 6.07 Å². The van der Waals surface area contributed by atoms with Crippen molar-refractivity contribution in [1.29, 1.82) is 0 Å². The average Bonchev–Trinajstić information content (AvgIpc) is 2.17. The van der Waals surface area contributed by atoms with Gasteiger partial charge >= 0.3 is 0 Å². The van der Waals surface area contributed by atoms with E-state index in [1.807, 2.05) is 12.1 Å². The van der Waals surface area contributed by atoms with E-state index in [0.29, 0.717) is 11.3 Å². The fraction of sp³-hybridized carbons (Fsp3) is 0.500. The quantitative estimate of drug-likeness (QED) is 0.884. The van der Waals surface area contributed by atoms with Gasteiger partial charge in [0.25, 0.3) is 0 Å². The minimum absolute atomic E-state index is 0.300. The normalized spacial score (nSPS) is 18.5. The van der Waals surface area contributed by atoms with Crippen LogP contribution in [0.5, 0.6) is 5.75 Å². The molecule has 0 amide bonds. The SMILES string of the molecule is CC1(NCc2ccc(O)c(Br)c2)CCC1. The highest BCUT2D eigenvalue weighted by Gasteiger charge is 2.30. The zero-order chi connectivity index (χ0) is 10.9. The van der Waals surface area contributed by atoms with E-state index in [-0.39, 0.29) is 0 Å². The van der Waals surface area contributed by atoms with Gasteiger partial charge in [-0.3, -0.25) is 0 Å². The van der Waals surface area contributed by atoms with Crippen LogP contribution in [0, 0.1) is 0 Å². The van der Waals surface area contributed by atoms with Crippen LogP contribution >= 0.6 is 15.9 Å². The molecule has 0 aromatic heterocycles. The van der Waals surface area contributed by atoms with E-state index >= 15 is 0 Å². The average molecular weight is 270 g/mol. The van der Waals surface area contributed by atoms with E-state index in [9.17, 15) is 5.11 Å². The molecule has 1 fully saturated rings. The van der Waals surface area contributed by atoms with E-state index in [4.69, 9.17) is 0 Å². The summed E-state index contributed by atoms with van der Waals surface area (Å²) in [6, 6.07) is 5.64. The predicted octanol–water partition coefficient (Wildman–Crippen LogP) is 3.19. The minimum atomic E-state index is 0.300. The summed E-state index contributed by atoms with van der Waals surface area (Å²) in [5.74, 6) is 0.300. The van der Waals surface area contributed by atoms with Crippen molar-refractivity contribution in [2.24, 2.45) is 0 Å². The second kappa shape index (κ2) is 4.14. The molecular formula is C12H16BrNO. The maximum Gasteiger partial charge on any atom is 0.129 e. The van der Waals surface area contributed by atoms with Gasteiger partial charge < -0.3 is 10.4 Å². The minimum Gasteiger partial charge on any atom is -0.507 e. The van der Waals surface area contributed by atoms with Gasteiger partial charge in [-0.15, -0.1) is 0 Å². The lowest BCUT2D eigenvalue weighted by Gasteiger charge is -2.39. The van der Waals surface area contributed by atoms with Crippen molar-refractivity contribution in [3.05, 3.63) is 28.2 Å².